The molecule has 1 aromatic carbocycles. The predicted octanol–water partition coefficient (Wildman–Crippen LogP) is 6.23. The molecular formula is C23H40ClFN2O. The van der Waals surface area contributed by atoms with Crippen molar-refractivity contribution in [3.05, 3.63) is 47.2 Å². The van der Waals surface area contributed by atoms with Crippen LogP contribution in [0, 0.1) is 17.8 Å². The Bertz CT molecular complexity index is 510. The SMILES string of the molecule is C=C(C)O.CC(C)CN(Cc1ccc(Cl)cc1)CC1CCC(CN)CC1.CF. The Morgan fingerprint density at radius 2 is 1.64 bits per heavy atom. The average Bonchev–Trinajstić information content (AvgIpc) is 2.65. The minimum absolute atomic E-state index is 0.167. The highest BCUT2D eigenvalue weighted by molar-refractivity contribution is 6.30. The third-order valence-electron chi connectivity index (χ3n) is 4.76. The summed E-state index contributed by atoms with van der Waals surface area (Å²) in [5.41, 5.74) is 7.17. The van der Waals surface area contributed by atoms with Crippen LogP contribution in [0.1, 0.15) is 52.0 Å². The molecule has 0 saturated heterocycles. The molecule has 1 fully saturated rings. The number of hydrogen-bond acceptors (Lipinski definition) is 3. The van der Waals surface area contributed by atoms with E-state index in [-0.39, 0.29) is 5.76 Å². The predicted molar refractivity (Wildman–Crippen MR) is 121 cm³/mol. The fourth-order valence-corrected chi connectivity index (χ4v) is 3.71. The standard InChI is InChI=1S/C19H31ClN2.C3H6O.CH3F/c1-15(2)12-22(14-18-7-9-19(20)10-8-18)13-17-5-3-16(11-21)4-6-17;1-3(2)4;1-2/h7-10,15-17H,3-6,11-14,21H2,1-2H3;4H,1H2,2H3;1H3. The van der Waals surface area contributed by atoms with E-state index in [1.54, 1.807) is 0 Å². The van der Waals surface area contributed by atoms with E-state index in [9.17, 15) is 4.39 Å². The molecule has 1 aromatic rings. The van der Waals surface area contributed by atoms with Crippen LogP contribution in [0.5, 0.6) is 0 Å². The van der Waals surface area contributed by atoms with Gasteiger partial charge in [-0.25, -0.2) is 0 Å². The second-order valence-electron chi connectivity index (χ2n) is 8.07. The maximum atomic E-state index is 9.50. The molecule has 1 saturated carbocycles. The quantitative estimate of drug-likeness (QED) is 0.520. The summed E-state index contributed by atoms with van der Waals surface area (Å²) in [6, 6.07) is 8.30. The third kappa shape index (κ3) is 13.1. The second-order valence-corrected chi connectivity index (χ2v) is 8.51. The highest BCUT2D eigenvalue weighted by atomic mass is 35.5. The maximum absolute atomic E-state index is 9.50. The average molecular weight is 415 g/mol. The van der Waals surface area contributed by atoms with Gasteiger partial charge < -0.3 is 10.8 Å². The number of aliphatic hydroxyl groups excluding tert-OH is 1. The van der Waals surface area contributed by atoms with Crippen molar-refractivity contribution in [2.24, 2.45) is 23.5 Å². The molecule has 0 aromatic heterocycles. The number of hydrogen-bond donors (Lipinski definition) is 2. The van der Waals surface area contributed by atoms with Gasteiger partial charge in [-0.05, 0) is 74.6 Å². The molecule has 162 valence electrons. The Balaban J connectivity index is 0.00000108. The largest absolute Gasteiger partial charge is 0.513 e. The zero-order chi connectivity index (χ0) is 21.5. The minimum Gasteiger partial charge on any atom is -0.513 e. The number of nitrogens with two attached hydrogens (primary N) is 1. The number of alkyl halides is 1. The van der Waals surface area contributed by atoms with Crippen LogP contribution in [0.2, 0.25) is 5.02 Å². The second kappa shape index (κ2) is 15.8. The first-order chi connectivity index (χ1) is 13.3. The van der Waals surface area contributed by atoms with Crippen molar-refractivity contribution in [1.29, 1.82) is 0 Å². The smallest absolute Gasteiger partial charge is 0.0820 e. The van der Waals surface area contributed by atoms with Crippen LogP contribution in [0.4, 0.5) is 4.39 Å². The van der Waals surface area contributed by atoms with Gasteiger partial charge in [-0.1, -0.05) is 44.2 Å². The van der Waals surface area contributed by atoms with Crippen molar-refractivity contribution < 1.29 is 9.50 Å². The van der Waals surface area contributed by atoms with Gasteiger partial charge >= 0.3 is 0 Å². The van der Waals surface area contributed by atoms with Crippen LogP contribution < -0.4 is 5.73 Å². The maximum Gasteiger partial charge on any atom is 0.0820 e. The van der Waals surface area contributed by atoms with Gasteiger partial charge in [-0.3, -0.25) is 9.29 Å². The Morgan fingerprint density at radius 3 is 2.07 bits per heavy atom. The van der Waals surface area contributed by atoms with Crippen LogP contribution in [0.3, 0.4) is 0 Å². The molecule has 0 radical (unpaired) electrons. The molecule has 2 rings (SSSR count). The molecule has 0 bridgehead atoms. The summed E-state index contributed by atoms with van der Waals surface area (Å²) < 4.78 is 9.50. The van der Waals surface area contributed by atoms with E-state index >= 15 is 0 Å². The highest BCUT2D eigenvalue weighted by Gasteiger charge is 2.22. The van der Waals surface area contributed by atoms with Crippen molar-refractivity contribution in [2.45, 2.75) is 53.0 Å². The molecule has 0 amide bonds. The first kappa shape index (κ1) is 26.9. The molecule has 0 heterocycles. The first-order valence-corrected chi connectivity index (χ1v) is 10.6. The lowest BCUT2D eigenvalue weighted by Gasteiger charge is -2.33. The molecule has 0 spiro atoms. The van der Waals surface area contributed by atoms with Crippen LogP contribution >= 0.6 is 11.6 Å². The molecule has 3 N–H and O–H groups in total. The molecule has 0 unspecified atom stereocenters. The molecule has 0 aliphatic heterocycles. The molecule has 28 heavy (non-hydrogen) atoms. The van der Waals surface area contributed by atoms with Gasteiger partial charge in [-0.2, -0.15) is 0 Å². The Labute approximate surface area is 176 Å². The van der Waals surface area contributed by atoms with Crippen molar-refractivity contribution >= 4 is 11.6 Å². The van der Waals surface area contributed by atoms with Crippen LogP contribution in [0.15, 0.2) is 36.6 Å². The Hall–Kier alpha value is -1.10. The molecule has 0 atom stereocenters. The van der Waals surface area contributed by atoms with E-state index in [1.165, 1.54) is 51.3 Å². The van der Waals surface area contributed by atoms with Crippen molar-refractivity contribution in [1.82, 2.24) is 4.90 Å². The van der Waals surface area contributed by atoms with Crippen molar-refractivity contribution in [3.63, 3.8) is 0 Å². The third-order valence-corrected chi connectivity index (χ3v) is 5.01. The van der Waals surface area contributed by atoms with E-state index < -0.39 is 0 Å². The van der Waals surface area contributed by atoms with E-state index in [0.717, 1.165) is 29.9 Å². The monoisotopic (exact) mass is 414 g/mol. The molecular weight excluding hydrogens is 375 g/mol. The summed E-state index contributed by atoms with van der Waals surface area (Å²) in [4.78, 5) is 2.63. The van der Waals surface area contributed by atoms with E-state index in [1.807, 2.05) is 12.1 Å². The normalized spacial score (nSPS) is 18.8. The fraction of sp³-hybridized carbons (Fsp3) is 0.652. The summed E-state index contributed by atoms with van der Waals surface area (Å²) in [5, 5.41) is 8.68. The molecule has 3 nitrogen and oxygen atoms in total. The van der Waals surface area contributed by atoms with Gasteiger partial charge in [0.1, 0.15) is 0 Å². The van der Waals surface area contributed by atoms with Gasteiger partial charge in [0.05, 0.1) is 12.9 Å². The lowest BCUT2D eigenvalue weighted by atomic mass is 9.81. The molecule has 1 aliphatic rings. The lowest BCUT2D eigenvalue weighted by molar-refractivity contribution is 0.162. The lowest BCUT2D eigenvalue weighted by Crippen LogP contribution is -2.34. The summed E-state index contributed by atoms with van der Waals surface area (Å²) in [7, 11) is 0.500. The van der Waals surface area contributed by atoms with Crippen LogP contribution in [-0.4, -0.2) is 36.8 Å². The summed E-state index contributed by atoms with van der Waals surface area (Å²) in [5.74, 6) is 2.48. The molecule has 1 aliphatic carbocycles. The summed E-state index contributed by atoms with van der Waals surface area (Å²) >= 11 is 5.99. The van der Waals surface area contributed by atoms with Gasteiger partial charge in [0.25, 0.3) is 0 Å². The van der Waals surface area contributed by atoms with Gasteiger partial charge in [0, 0.05) is 24.7 Å². The number of benzene rings is 1. The minimum atomic E-state index is 0.167. The Kier molecular flexibility index (Phi) is 15.2. The number of nitrogens with zero attached hydrogens (tertiary/aromatic N) is 1. The van der Waals surface area contributed by atoms with Gasteiger partial charge in [-0.15, -0.1) is 0 Å². The number of aliphatic hydroxyl groups is 1. The fourth-order valence-electron chi connectivity index (χ4n) is 3.58. The highest BCUT2D eigenvalue weighted by Crippen LogP contribution is 2.29. The number of halogens is 2. The number of allylic oxidation sites excluding steroid dienone is 1. The van der Waals surface area contributed by atoms with Gasteiger partial charge in [0.2, 0.25) is 0 Å². The Morgan fingerprint density at radius 1 is 1.18 bits per heavy atom. The molecule has 5 heteroatoms. The summed E-state index contributed by atoms with van der Waals surface area (Å²) in [6.45, 7) is 13.5. The first-order valence-electron chi connectivity index (χ1n) is 10.2. The zero-order valence-corrected chi connectivity index (χ0v) is 18.9. The van der Waals surface area contributed by atoms with E-state index in [0.29, 0.717) is 13.1 Å². The zero-order valence-electron chi connectivity index (χ0n) is 18.1. The van der Waals surface area contributed by atoms with Crippen LogP contribution in [0.25, 0.3) is 0 Å². The van der Waals surface area contributed by atoms with E-state index in [4.69, 9.17) is 22.4 Å². The number of rotatable bonds is 7. The van der Waals surface area contributed by atoms with Gasteiger partial charge in [0.15, 0.2) is 0 Å². The summed E-state index contributed by atoms with van der Waals surface area (Å²) in [6.07, 6.45) is 5.32. The van der Waals surface area contributed by atoms with E-state index in [2.05, 4.69) is 37.5 Å². The van der Waals surface area contributed by atoms with Crippen molar-refractivity contribution in [2.75, 3.05) is 26.8 Å². The van der Waals surface area contributed by atoms with Crippen LogP contribution in [-0.2, 0) is 6.54 Å². The van der Waals surface area contributed by atoms with Crippen molar-refractivity contribution in [3.8, 4) is 0 Å². The topological polar surface area (TPSA) is 49.5 Å².